The zero-order chi connectivity index (χ0) is 18.3. The molecule has 1 atom stereocenters. The van der Waals surface area contributed by atoms with E-state index in [0.29, 0.717) is 6.54 Å². The van der Waals surface area contributed by atoms with Gasteiger partial charge in [-0.1, -0.05) is 5.16 Å². The molecule has 0 aliphatic carbocycles. The van der Waals surface area contributed by atoms with Gasteiger partial charge in [-0.05, 0) is 56.8 Å². The number of aromatic nitrogens is 2. The molecule has 1 aliphatic heterocycles. The number of nitrogens with zero attached hydrogens (tertiary/aromatic N) is 2. The highest BCUT2D eigenvalue weighted by Crippen LogP contribution is 2.36. The minimum absolute atomic E-state index is 0.0461. The second-order valence-corrected chi connectivity index (χ2v) is 6.94. The maximum atomic E-state index is 12.6. The Morgan fingerprint density at radius 1 is 1.35 bits per heavy atom. The van der Waals surface area contributed by atoms with Crippen molar-refractivity contribution in [1.82, 2.24) is 15.0 Å². The van der Waals surface area contributed by atoms with E-state index in [1.807, 2.05) is 38.1 Å². The summed E-state index contributed by atoms with van der Waals surface area (Å²) in [4.78, 5) is 17.9. The number of nitrogens with one attached hydrogen (secondary N) is 1. The molecule has 2 aromatic heterocycles. The van der Waals surface area contributed by atoms with E-state index < -0.39 is 0 Å². The van der Waals surface area contributed by atoms with E-state index >= 15 is 0 Å². The lowest BCUT2D eigenvalue weighted by molar-refractivity contribution is 0.245. The molecular formula is C20H23N3O3. The van der Waals surface area contributed by atoms with Gasteiger partial charge in [0.15, 0.2) is 0 Å². The number of hydrogen-bond acceptors (Lipinski definition) is 5. The van der Waals surface area contributed by atoms with Crippen LogP contribution in [0, 0.1) is 13.8 Å². The van der Waals surface area contributed by atoms with Crippen LogP contribution in [-0.4, -0.2) is 28.7 Å². The molecule has 1 aromatic carbocycles. The summed E-state index contributed by atoms with van der Waals surface area (Å²) >= 11 is 0. The number of aryl methyl sites for hydroxylation is 2. The van der Waals surface area contributed by atoms with E-state index in [-0.39, 0.29) is 11.6 Å². The summed E-state index contributed by atoms with van der Waals surface area (Å²) in [5, 5.41) is 5.10. The predicted octanol–water partition coefficient (Wildman–Crippen LogP) is 3.48. The first-order chi connectivity index (χ1) is 12.6. The molecule has 0 amide bonds. The Morgan fingerprint density at radius 3 is 2.92 bits per heavy atom. The van der Waals surface area contributed by atoms with Gasteiger partial charge in [0.2, 0.25) is 0 Å². The Bertz CT molecular complexity index is 986. The van der Waals surface area contributed by atoms with E-state index in [2.05, 4.69) is 15.0 Å². The van der Waals surface area contributed by atoms with Crippen LogP contribution in [0.5, 0.6) is 5.75 Å². The van der Waals surface area contributed by atoms with Gasteiger partial charge in [0.25, 0.3) is 5.56 Å². The van der Waals surface area contributed by atoms with Crippen LogP contribution in [0.25, 0.3) is 10.9 Å². The van der Waals surface area contributed by atoms with Gasteiger partial charge in [0.1, 0.15) is 11.5 Å². The number of hydrogen-bond donors (Lipinski definition) is 1. The van der Waals surface area contributed by atoms with Crippen molar-refractivity contribution < 1.29 is 9.26 Å². The maximum absolute atomic E-state index is 12.6. The molecule has 1 N–H and O–H groups in total. The standard InChI is InChI=1S/C20H23N3O3/c1-12-19(13(2)26-22-12)18-5-4-8-23(18)11-15-9-14-6-7-16(25-3)10-17(14)21-20(15)24/h6-7,9-10,18H,4-5,8,11H2,1-3H3,(H,21,24)/t18-/m1/s1. The van der Waals surface area contributed by atoms with Crippen molar-refractivity contribution in [2.24, 2.45) is 0 Å². The second kappa shape index (κ2) is 6.61. The monoisotopic (exact) mass is 353 g/mol. The number of ether oxygens (including phenoxy) is 1. The highest BCUT2D eigenvalue weighted by Gasteiger charge is 2.31. The molecule has 0 unspecified atom stereocenters. The first-order valence-corrected chi connectivity index (χ1v) is 8.93. The van der Waals surface area contributed by atoms with Crippen LogP contribution < -0.4 is 10.3 Å². The molecule has 0 spiro atoms. The highest BCUT2D eigenvalue weighted by atomic mass is 16.5. The Morgan fingerprint density at radius 2 is 2.19 bits per heavy atom. The van der Waals surface area contributed by atoms with Gasteiger partial charge in [0, 0.05) is 29.8 Å². The molecule has 3 aromatic rings. The van der Waals surface area contributed by atoms with Crippen LogP contribution in [-0.2, 0) is 6.54 Å². The molecule has 26 heavy (non-hydrogen) atoms. The van der Waals surface area contributed by atoms with Crippen LogP contribution in [0.2, 0.25) is 0 Å². The van der Waals surface area contributed by atoms with Crippen LogP contribution in [0.15, 0.2) is 33.6 Å². The third-order valence-electron chi connectivity index (χ3n) is 5.29. The van der Waals surface area contributed by atoms with Crippen molar-refractivity contribution in [3.8, 4) is 5.75 Å². The summed E-state index contributed by atoms with van der Waals surface area (Å²) in [5.74, 6) is 1.61. The van der Waals surface area contributed by atoms with Gasteiger partial charge in [0.05, 0.1) is 18.3 Å². The summed E-state index contributed by atoms with van der Waals surface area (Å²) in [5.41, 5.74) is 3.64. The number of methoxy groups -OCH3 is 1. The molecule has 0 bridgehead atoms. The summed E-state index contributed by atoms with van der Waals surface area (Å²) in [7, 11) is 1.62. The minimum atomic E-state index is -0.0461. The first-order valence-electron chi connectivity index (χ1n) is 8.93. The summed E-state index contributed by atoms with van der Waals surface area (Å²) < 4.78 is 10.6. The molecule has 3 heterocycles. The highest BCUT2D eigenvalue weighted by molar-refractivity contribution is 5.80. The lowest BCUT2D eigenvalue weighted by Crippen LogP contribution is -2.27. The van der Waals surface area contributed by atoms with Crippen molar-refractivity contribution in [3.05, 3.63) is 57.2 Å². The fourth-order valence-corrected chi connectivity index (χ4v) is 4.00. The van der Waals surface area contributed by atoms with E-state index in [0.717, 1.165) is 53.1 Å². The predicted molar refractivity (Wildman–Crippen MR) is 99.5 cm³/mol. The topological polar surface area (TPSA) is 71.4 Å². The molecule has 6 heteroatoms. The van der Waals surface area contributed by atoms with Crippen molar-refractivity contribution in [3.63, 3.8) is 0 Å². The lowest BCUT2D eigenvalue weighted by atomic mass is 10.0. The quantitative estimate of drug-likeness (QED) is 0.777. The van der Waals surface area contributed by atoms with E-state index in [1.54, 1.807) is 7.11 Å². The zero-order valence-electron chi connectivity index (χ0n) is 15.3. The van der Waals surface area contributed by atoms with Gasteiger partial charge in [-0.3, -0.25) is 9.69 Å². The van der Waals surface area contributed by atoms with Crippen molar-refractivity contribution >= 4 is 10.9 Å². The van der Waals surface area contributed by atoms with Gasteiger partial charge >= 0.3 is 0 Å². The maximum Gasteiger partial charge on any atom is 0.252 e. The fourth-order valence-electron chi connectivity index (χ4n) is 4.00. The molecule has 0 saturated carbocycles. The van der Waals surface area contributed by atoms with Crippen LogP contribution >= 0.6 is 0 Å². The smallest absolute Gasteiger partial charge is 0.252 e. The van der Waals surface area contributed by atoms with E-state index in [1.165, 1.54) is 5.56 Å². The molecule has 4 rings (SSSR count). The largest absolute Gasteiger partial charge is 0.497 e. The number of pyridine rings is 1. The third-order valence-corrected chi connectivity index (χ3v) is 5.29. The fraction of sp³-hybridized carbons (Fsp3) is 0.400. The SMILES string of the molecule is COc1ccc2cc(CN3CCC[C@@H]3c3c(C)noc3C)c(=O)[nH]c2c1. The lowest BCUT2D eigenvalue weighted by Gasteiger charge is -2.24. The zero-order valence-corrected chi connectivity index (χ0v) is 15.3. The van der Waals surface area contributed by atoms with Crippen molar-refractivity contribution in [2.75, 3.05) is 13.7 Å². The van der Waals surface area contributed by atoms with E-state index in [4.69, 9.17) is 9.26 Å². The van der Waals surface area contributed by atoms with Crippen LogP contribution in [0.1, 0.15) is 41.5 Å². The molecule has 136 valence electrons. The normalized spacial score (nSPS) is 17.9. The van der Waals surface area contributed by atoms with Gasteiger partial charge in [-0.2, -0.15) is 0 Å². The van der Waals surface area contributed by atoms with Gasteiger partial charge in [-0.15, -0.1) is 0 Å². The molecule has 6 nitrogen and oxygen atoms in total. The van der Waals surface area contributed by atoms with E-state index in [9.17, 15) is 4.79 Å². The number of rotatable bonds is 4. The molecule has 1 aliphatic rings. The average Bonchev–Trinajstić information content (AvgIpc) is 3.21. The van der Waals surface area contributed by atoms with Crippen LogP contribution in [0.4, 0.5) is 0 Å². The number of fused-ring (bicyclic) bond motifs is 1. The Labute approximate surface area is 151 Å². The first kappa shape index (κ1) is 16.8. The number of likely N-dealkylation sites (tertiary alicyclic amines) is 1. The minimum Gasteiger partial charge on any atom is -0.497 e. The van der Waals surface area contributed by atoms with Gasteiger partial charge < -0.3 is 14.2 Å². The molecule has 0 radical (unpaired) electrons. The average molecular weight is 353 g/mol. The summed E-state index contributed by atoms with van der Waals surface area (Å²) in [6.45, 7) is 5.53. The second-order valence-electron chi connectivity index (χ2n) is 6.94. The molecule has 1 fully saturated rings. The third kappa shape index (κ3) is 2.90. The number of benzene rings is 1. The molecule has 1 saturated heterocycles. The Kier molecular flexibility index (Phi) is 4.28. The van der Waals surface area contributed by atoms with Crippen molar-refractivity contribution in [2.45, 2.75) is 39.3 Å². The van der Waals surface area contributed by atoms with Crippen LogP contribution in [0.3, 0.4) is 0 Å². The number of H-pyrrole nitrogens is 1. The molecular weight excluding hydrogens is 330 g/mol. The summed E-state index contributed by atoms with van der Waals surface area (Å²) in [6, 6.07) is 7.97. The van der Waals surface area contributed by atoms with Crippen molar-refractivity contribution in [1.29, 1.82) is 0 Å². The number of aromatic amines is 1. The van der Waals surface area contributed by atoms with Gasteiger partial charge in [-0.25, -0.2) is 0 Å². The Hall–Kier alpha value is -2.60. The summed E-state index contributed by atoms with van der Waals surface area (Å²) in [6.07, 6.45) is 2.17. The Balaban J connectivity index is 1.66.